The van der Waals surface area contributed by atoms with Crippen LogP contribution in [0.4, 0.5) is 0 Å². The van der Waals surface area contributed by atoms with Crippen LogP contribution < -0.4 is 37.2 Å². The number of benzene rings is 1. The van der Waals surface area contributed by atoms with E-state index in [1.807, 2.05) is 18.7 Å². The third-order valence-electron chi connectivity index (χ3n) is 21.1. The molecule has 1 aliphatic carbocycles. The van der Waals surface area contributed by atoms with Gasteiger partial charge in [0.15, 0.2) is 17.3 Å². The predicted molar refractivity (Wildman–Crippen MR) is 421 cm³/mol. The molecule has 1 aliphatic heterocycles. The molecule has 0 aromatic heterocycles. The van der Waals surface area contributed by atoms with E-state index < -0.39 is 132 Å². The third kappa shape index (κ3) is 44.8. The van der Waals surface area contributed by atoms with Gasteiger partial charge in [0.25, 0.3) is 0 Å². The van der Waals surface area contributed by atoms with Gasteiger partial charge < -0.3 is 62.8 Å². The highest BCUT2D eigenvalue weighted by molar-refractivity contribution is 5.97. The summed E-state index contributed by atoms with van der Waals surface area (Å²) in [5, 5.41) is 67.2. The summed E-state index contributed by atoms with van der Waals surface area (Å²) in [5.41, 5.74) is -0.786. The van der Waals surface area contributed by atoms with Crippen molar-refractivity contribution in [3.8, 4) is 5.75 Å². The second kappa shape index (κ2) is 57.2. The Labute approximate surface area is 658 Å². The molecule has 2 fully saturated rings. The second-order valence-corrected chi connectivity index (χ2v) is 31.1. The first kappa shape index (κ1) is 99.2. The lowest BCUT2D eigenvalue weighted by Crippen LogP contribution is -2.59. The van der Waals surface area contributed by atoms with Gasteiger partial charge in [0.1, 0.15) is 35.2 Å². The Bertz CT molecular complexity index is 3060. The Balaban J connectivity index is 0.00000181. The number of carboxylic acids is 4. The number of amides is 5. The first-order chi connectivity index (χ1) is 52.8. The summed E-state index contributed by atoms with van der Waals surface area (Å²) in [5.74, 6) is -11.7. The lowest BCUT2D eigenvalue weighted by Gasteiger charge is -2.29. The number of hydrogen-bond acceptors (Lipinski definition) is 19. The number of ketones is 6. The first-order valence-electron chi connectivity index (χ1n) is 41.2. The van der Waals surface area contributed by atoms with Crippen molar-refractivity contribution in [2.75, 3.05) is 39.3 Å². The van der Waals surface area contributed by atoms with Crippen molar-refractivity contribution >= 4 is 88.1 Å². The van der Waals surface area contributed by atoms with Gasteiger partial charge in [-0.15, -0.1) is 0 Å². The van der Waals surface area contributed by atoms with Gasteiger partial charge in [-0.1, -0.05) is 136 Å². The summed E-state index contributed by atoms with van der Waals surface area (Å²) in [6.45, 7) is 12.5. The number of carboxylic acid groups (broad SMARTS) is 4. The molecule has 0 spiro atoms. The van der Waals surface area contributed by atoms with Gasteiger partial charge in [-0.05, 0) is 147 Å². The SMILES string of the molecule is CCCCCCCCCCCCCCCCCC(=O)O.CCCC[C@H](NCC(=O)C(C)(C)NC(=O)[C@@H](Cc1ccc(O)cc1)NC(C)=O)C(=O)CN[C@@H](CCCCNC(=O)CC[C@H](CC(=O)CC[C@H](NC(=O)CC[C@H](CC(=O)C1CCC(CNC(=O)CCC)CC1)C(=O)O)C(=O)O)C(=O)O)C(=O)CN1CCC[C@H]1C(C)=O. The zero-order valence-electron chi connectivity index (χ0n) is 67.6. The van der Waals surface area contributed by atoms with Crippen molar-refractivity contribution in [2.45, 2.75) is 335 Å². The summed E-state index contributed by atoms with van der Waals surface area (Å²) >= 11 is 0. The number of aromatic hydroxyl groups is 1. The lowest BCUT2D eigenvalue weighted by molar-refractivity contribution is -0.145. The maximum absolute atomic E-state index is 14.0. The molecular formula is C83H136N8O20. The number of aliphatic carboxylic acids is 4. The van der Waals surface area contributed by atoms with Crippen molar-refractivity contribution in [2.24, 2.45) is 23.7 Å². The van der Waals surface area contributed by atoms with Crippen molar-refractivity contribution in [1.29, 1.82) is 0 Å². The van der Waals surface area contributed by atoms with Gasteiger partial charge in [-0.3, -0.25) is 72.0 Å². The first-order valence-corrected chi connectivity index (χ1v) is 41.2. The number of likely N-dealkylation sites (tertiary alicyclic amines) is 1. The summed E-state index contributed by atoms with van der Waals surface area (Å²) in [4.78, 5) is 192. The number of phenolic OH excluding ortho intramolecular Hbond substituents is 1. The fourth-order valence-electron chi connectivity index (χ4n) is 14.1. The molecule has 7 atom stereocenters. The van der Waals surface area contributed by atoms with E-state index in [0.717, 1.165) is 32.1 Å². The van der Waals surface area contributed by atoms with Crippen LogP contribution in [0.3, 0.4) is 0 Å². The molecule has 1 heterocycles. The van der Waals surface area contributed by atoms with E-state index in [-0.39, 0.29) is 111 Å². The summed E-state index contributed by atoms with van der Waals surface area (Å²) in [6.07, 6.45) is 25.2. The van der Waals surface area contributed by atoms with Crippen LogP contribution in [0.2, 0.25) is 0 Å². The largest absolute Gasteiger partial charge is 0.508 e. The van der Waals surface area contributed by atoms with Crippen LogP contribution in [0.5, 0.6) is 5.75 Å². The van der Waals surface area contributed by atoms with E-state index in [0.29, 0.717) is 89.3 Å². The maximum atomic E-state index is 14.0. The van der Waals surface area contributed by atoms with E-state index in [2.05, 4.69) is 44.1 Å². The van der Waals surface area contributed by atoms with Crippen LogP contribution >= 0.6 is 0 Å². The van der Waals surface area contributed by atoms with Gasteiger partial charge in [0, 0.05) is 77.3 Å². The molecule has 0 bridgehead atoms. The lowest BCUT2D eigenvalue weighted by atomic mass is 9.78. The maximum Gasteiger partial charge on any atom is 0.326 e. The molecule has 1 aromatic rings. The van der Waals surface area contributed by atoms with Crippen molar-refractivity contribution < 1.29 is 97.5 Å². The van der Waals surface area contributed by atoms with Crippen LogP contribution in [0.1, 0.15) is 298 Å². The minimum atomic E-state index is -1.56. The number of Topliss-reactive ketones (excluding diaryl/α,β-unsaturated/α-hetero) is 6. The van der Waals surface area contributed by atoms with Crippen molar-refractivity contribution in [1.82, 2.24) is 42.1 Å². The van der Waals surface area contributed by atoms with E-state index in [1.165, 1.54) is 123 Å². The summed E-state index contributed by atoms with van der Waals surface area (Å²) < 4.78 is 0. The molecule has 12 N–H and O–H groups in total. The molecule has 28 heteroatoms. The topological polar surface area (TPSA) is 445 Å². The Morgan fingerprint density at radius 3 is 1.59 bits per heavy atom. The third-order valence-corrected chi connectivity index (χ3v) is 21.1. The van der Waals surface area contributed by atoms with E-state index >= 15 is 0 Å². The summed E-state index contributed by atoms with van der Waals surface area (Å²) in [7, 11) is 0. The van der Waals surface area contributed by atoms with E-state index in [4.69, 9.17) is 5.11 Å². The molecule has 28 nitrogen and oxygen atoms in total. The smallest absolute Gasteiger partial charge is 0.326 e. The molecule has 5 amide bonds. The van der Waals surface area contributed by atoms with Gasteiger partial charge >= 0.3 is 23.9 Å². The molecular weight excluding hydrogens is 1430 g/mol. The minimum Gasteiger partial charge on any atom is -0.508 e. The zero-order valence-corrected chi connectivity index (χ0v) is 67.6. The van der Waals surface area contributed by atoms with Crippen LogP contribution in [-0.4, -0.2) is 194 Å². The quantitative estimate of drug-likeness (QED) is 0.0270. The second-order valence-electron chi connectivity index (χ2n) is 31.1. The molecule has 628 valence electrons. The van der Waals surface area contributed by atoms with Gasteiger partial charge in [0.2, 0.25) is 29.5 Å². The monoisotopic (exact) mass is 1560 g/mol. The molecule has 1 saturated heterocycles. The highest BCUT2D eigenvalue weighted by Crippen LogP contribution is 2.32. The number of nitrogens with one attached hydrogen (secondary N) is 7. The molecule has 1 saturated carbocycles. The minimum absolute atomic E-state index is 0.0255. The molecule has 2 aliphatic rings. The number of carbonyl (C=O) groups is 15. The number of phenols is 1. The molecule has 111 heavy (non-hydrogen) atoms. The number of carbonyl (C=O) groups excluding carboxylic acids is 11. The van der Waals surface area contributed by atoms with Crippen molar-refractivity contribution in [3.63, 3.8) is 0 Å². The van der Waals surface area contributed by atoms with Gasteiger partial charge in [0.05, 0.1) is 55.1 Å². The van der Waals surface area contributed by atoms with Gasteiger partial charge in [-0.25, -0.2) is 4.79 Å². The molecule has 0 unspecified atom stereocenters. The number of rotatable bonds is 63. The fourth-order valence-corrected chi connectivity index (χ4v) is 14.1. The average Bonchev–Trinajstić information content (AvgIpc) is 1.75. The van der Waals surface area contributed by atoms with Gasteiger partial charge in [-0.2, -0.15) is 0 Å². The Morgan fingerprint density at radius 2 is 1.05 bits per heavy atom. The van der Waals surface area contributed by atoms with Crippen LogP contribution in [0.15, 0.2) is 24.3 Å². The predicted octanol–water partition coefficient (Wildman–Crippen LogP) is 9.77. The van der Waals surface area contributed by atoms with Crippen LogP contribution in [0, 0.1) is 23.7 Å². The normalized spacial score (nSPS) is 16.5. The zero-order chi connectivity index (χ0) is 82.7. The molecule has 0 radical (unpaired) electrons. The van der Waals surface area contributed by atoms with E-state index in [1.54, 1.807) is 12.1 Å². The number of unbranched alkanes of at least 4 members (excludes halogenated alkanes) is 16. The standard InChI is InChI=1S/C65H100N8O18.C18H36O2/c1-7-9-14-49(68-38-57(81)65(5,6)72-61(85)52(70-41(4)75)33-42-19-25-47(76)26-20-42)55(79)37-67-50(56(80)39-73-32-12-16-53(73)40(3)74)15-10-11-31-66-59(83)29-23-45(62(86)87)34-48(77)27-28-51(64(90)91)71-60(84)30-24-46(63(88)89)35-54(78)44-21-17-43(18-22-44)36-69-58(82)13-8-2;1-2-3-4-5-6-7-8-9-10-11-12-13-14-15-16-17-18(19)20/h19-20,25-26,43-46,49-53,67-68,76H,7-18,21-24,27-39H2,1-6H3,(H,66,83)(H,69,82)(H,70,75)(H,71,84)(H,72,85)(H,86,87)(H,88,89)(H,90,91);2-17H2,1H3,(H,19,20)/t43?,44?,45-,46-,49+,50+,51+,52-,53+;/m1./s1. The Hall–Kier alpha value is -7.85. The van der Waals surface area contributed by atoms with Crippen LogP contribution in [0.25, 0.3) is 0 Å². The van der Waals surface area contributed by atoms with E-state index in [9.17, 15) is 92.3 Å². The Morgan fingerprint density at radius 1 is 0.505 bits per heavy atom. The van der Waals surface area contributed by atoms with Crippen molar-refractivity contribution in [3.05, 3.63) is 29.8 Å². The summed E-state index contributed by atoms with van der Waals surface area (Å²) in [6, 6.07) is 1.44. The Kier molecular flexibility index (Phi) is 51.1. The highest BCUT2D eigenvalue weighted by Gasteiger charge is 2.36. The van der Waals surface area contributed by atoms with Crippen LogP contribution in [-0.2, 0) is 78.3 Å². The fraction of sp³-hybridized carbons (Fsp3) is 0.747. The number of nitrogens with zero attached hydrogens (tertiary/aromatic N) is 1. The molecule has 1 aromatic carbocycles. The molecule has 3 rings (SSSR count). The highest BCUT2D eigenvalue weighted by atomic mass is 16.4. The average molecular weight is 1570 g/mol. The number of hydrogen-bond donors (Lipinski definition) is 12.